The van der Waals surface area contributed by atoms with Crippen LogP contribution in [0.15, 0.2) is 51.9 Å². The number of ether oxygens (including phenoxy) is 1. The van der Waals surface area contributed by atoms with Crippen molar-refractivity contribution in [2.24, 2.45) is 4.40 Å². The van der Waals surface area contributed by atoms with E-state index < -0.39 is 10.0 Å². The third kappa shape index (κ3) is 3.85. The number of aryl methyl sites for hydroxylation is 1. The van der Waals surface area contributed by atoms with E-state index in [0.29, 0.717) is 24.8 Å². The second kappa shape index (κ2) is 6.78. The van der Waals surface area contributed by atoms with Crippen LogP contribution >= 0.6 is 11.6 Å². The minimum absolute atomic E-state index is 0.102. The van der Waals surface area contributed by atoms with Crippen LogP contribution in [-0.2, 0) is 21.3 Å². The Morgan fingerprint density at radius 2 is 2.00 bits per heavy atom. The maximum absolute atomic E-state index is 12.4. The number of hydrogen-bond acceptors (Lipinski definition) is 4. The lowest BCUT2D eigenvalue weighted by atomic mass is 10.2. The second-order valence-corrected chi connectivity index (χ2v) is 7.41. The first-order chi connectivity index (χ1) is 11.4. The molecule has 2 heterocycles. The molecule has 0 spiro atoms. The molecular formula is C16H16ClN3O3S. The number of benzene rings is 1. The molecule has 24 heavy (non-hydrogen) atoms. The van der Waals surface area contributed by atoms with Crippen molar-refractivity contribution in [3.63, 3.8) is 0 Å². The van der Waals surface area contributed by atoms with Crippen LogP contribution in [0.5, 0.6) is 0 Å². The lowest BCUT2D eigenvalue weighted by molar-refractivity contribution is 0.352. The molecule has 1 aromatic carbocycles. The highest BCUT2D eigenvalue weighted by molar-refractivity contribution is 7.90. The van der Waals surface area contributed by atoms with Crippen molar-refractivity contribution in [2.75, 3.05) is 13.2 Å². The van der Waals surface area contributed by atoms with E-state index in [1.165, 1.54) is 12.1 Å². The van der Waals surface area contributed by atoms with Crippen molar-refractivity contribution >= 4 is 27.6 Å². The van der Waals surface area contributed by atoms with Crippen LogP contribution in [0.1, 0.15) is 11.1 Å². The molecule has 0 saturated carbocycles. The van der Waals surface area contributed by atoms with Gasteiger partial charge in [0.1, 0.15) is 11.8 Å². The molecule has 6 nitrogen and oxygen atoms in total. The Hall–Kier alpha value is -2.12. The standard InChI is InChI=1S/C16H16ClN3O3S/c1-12-2-5-14(6-3-12)24(21,22)19-16-20(8-9-23-16)11-13-4-7-15(17)18-10-13/h2-7,10H,8-9,11H2,1H3/b19-16+. The fourth-order valence-electron chi connectivity index (χ4n) is 2.25. The Balaban J connectivity index is 1.82. The molecule has 126 valence electrons. The molecule has 8 heteroatoms. The summed E-state index contributed by atoms with van der Waals surface area (Å²) >= 11 is 5.77. The number of sulfonamides is 1. The average molecular weight is 366 g/mol. The number of amidine groups is 1. The summed E-state index contributed by atoms with van der Waals surface area (Å²) in [5.41, 5.74) is 1.88. The van der Waals surface area contributed by atoms with Gasteiger partial charge in [-0.05, 0) is 30.7 Å². The van der Waals surface area contributed by atoms with Crippen LogP contribution < -0.4 is 0 Å². The maximum Gasteiger partial charge on any atom is 0.303 e. The van der Waals surface area contributed by atoms with E-state index in [1.807, 2.05) is 13.0 Å². The van der Waals surface area contributed by atoms with Crippen molar-refractivity contribution in [1.29, 1.82) is 0 Å². The zero-order chi connectivity index (χ0) is 17.2. The van der Waals surface area contributed by atoms with Gasteiger partial charge in [0.05, 0.1) is 11.4 Å². The molecule has 0 amide bonds. The molecule has 2 aromatic rings. The summed E-state index contributed by atoms with van der Waals surface area (Å²) in [5.74, 6) is 0. The molecule has 1 aromatic heterocycles. The summed E-state index contributed by atoms with van der Waals surface area (Å²) in [6, 6.07) is 10.2. The number of halogens is 1. The first-order valence-electron chi connectivity index (χ1n) is 7.34. The Morgan fingerprint density at radius 1 is 1.25 bits per heavy atom. The fraction of sp³-hybridized carbons (Fsp3) is 0.250. The van der Waals surface area contributed by atoms with E-state index in [9.17, 15) is 8.42 Å². The van der Waals surface area contributed by atoms with Crippen molar-refractivity contribution in [1.82, 2.24) is 9.88 Å². The maximum atomic E-state index is 12.4. The first kappa shape index (κ1) is 16.7. The van der Waals surface area contributed by atoms with Crippen molar-refractivity contribution < 1.29 is 13.2 Å². The van der Waals surface area contributed by atoms with Crippen LogP contribution in [0.3, 0.4) is 0 Å². The number of nitrogens with zero attached hydrogens (tertiary/aromatic N) is 3. The van der Waals surface area contributed by atoms with Gasteiger partial charge in [0.15, 0.2) is 0 Å². The number of aromatic nitrogens is 1. The normalized spacial score (nSPS) is 16.4. The molecule has 1 aliphatic heterocycles. The van der Waals surface area contributed by atoms with Crippen LogP contribution in [0.25, 0.3) is 0 Å². The fourth-order valence-corrected chi connectivity index (χ4v) is 3.32. The van der Waals surface area contributed by atoms with Gasteiger partial charge in [-0.25, -0.2) is 4.98 Å². The zero-order valence-corrected chi connectivity index (χ0v) is 14.6. The topological polar surface area (TPSA) is 71.9 Å². The van der Waals surface area contributed by atoms with Gasteiger partial charge in [0, 0.05) is 12.7 Å². The molecule has 0 N–H and O–H groups in total. The average Bonchev–Trinajstić information content (AvgIpc) is 2.96. The van der Waals surface area contributed by atoms with Gasteiger partial charge >= 0.3 is 6.02 Å². The predicted molar refractivity (Wildman–Crippen MR) is 91.4 cm³/mol. The van der Waals surface area contributed by atoms with Crippen LogP contribution in [0, 0.1) is 6.92 Å². The predicted octanol–water partition coefficient (Wildman–Crippen LogP) is 2.62. The summed E-state index contributed by atoms with van der Waals surface area (Å²) in [6.45, 7) is 3.30. The quantitative estimate of drug-likeness (QED) is 0.779. The largest absolute Gasteiger partial charge is 0.463 e. The van der Waals surface area contributed by atoms with Gasteiger partial charge in [-0.3, -0.25) is 0 Å². The second-order valence-electron chi connectivity index (χ2n) is 5.42. The molecular weight excluding hydrogens is 350 g/mol. The Bertz CT molecular complexity index is 849. The van der Waals surface area contributed by atoms with Gasteiger partial charge in [0.25, 0.3) is 10.0 Å². The molecule has 0 bridgehead atoms. The molecule has 1 aliphatic rings. The molecule has 3 rings (SSSR count). The summed E-state index contributed by atoms with van der Waals surface area (Å²) in [5, 5.41) is 0.410. The highest BCUT2D eigenvalue weighted by atomic mass is 35.5. The van der Waals surface area contributed by atoms with Crippen LogP contribution in [-0.4, -0.2) is 37.5 Å². The van der Waals surface area contributed by atoms with E-state index in [1.54, 1.807) is 29.3 Å². The summed E-state index contributed by atoms with van der Waals surface area (Å²) in [7, 11) is -3.81. The molecule has 0 radical (unpaired) electrons. The van der Waals surface area contributed by atoms with E-state index >= 15 is 0 Å². The number of hydrogen-bond donors (Lipinski definition) is 0. The van der Waals surface area contributed by atoms with Crippen LogP contribution in [0.4, 0.5) is 0 Å². The lowest BCUT2D eigenvalue weighted by Crippen LogP contribution is -2.26. The van der Waals surface area contributed by atoms with Gasteiger partial charge in [0.2, 0.25) is 0 Å². The monoisotopic (exact) mass is 365 g/mol. The number of rotatable bonds is 4. The highest BCUT2D eigenvalue weighted by Crippen LogP contribution is 2.17. The number of pyridine rings is 1. The summed E-state index contributed by atoms with van der Waals surface area (Å²) < 4.78 is 34.1. The van der Waals surface area contributed by atoms with Gasteiger partial charge in [-0.2, -0.15) is 8.42 Å². The molecule has 0 atom stereocenters. The smallest absolute Gasteiger partial charge is 0.303 e. The molecule has 0 aliphatic carbocycles. The van der Waals surface area contributed by atoms with Crippen LogP contribution in [0.2, 0.25) is 5.15 Å². The van der Waals surface area contributed by atoms with Crippen molar-refractivity contribution in [3.05, 3.63) is 58.9 Å². The molecule has 1 saturated heterocycles. The van der Waals surface area contributed by atoms with E-state index in [4.69, 9.17) is 16.3 Å². The minimum Gasteiger partial charge on any atom is -0.463 e. The first-order valence-corrected chi connectivity index (χ1v) is 9.16. The van der Waals surface area contributed by atoms with E-state index in [0.717, 1.165) is 11.1 Å². The van der Waals surface area contributed by atoms with Gasteiger partial charge in [-0.1, -0.05) is 35.4 Å². The lowest BCUT2D eigenvalue weighted by Gasteiger charge is -2.15. The SMILES string of the molecule is Cc1ccc(S(=O)(=O)/N=C2/OCCN2Cc2ccc(Cl)nc2)cc1. The van der Waals surface area contributed by atoms with Crippen molar-refractivity contribution in [2.45, 2.75) is 18.4 Å². The summed E-state index contributed by atoms with van der Waals surface area (Å²) in [4.78, 5) is 5.92. The molecule has 0 unspecified atom stereocenters. The molecule has 1 fully saturated rings. The third-order valence-corrected chi connectivity index (χ3v) is 5.03. The Labute approximate surface area is 145 Å². The minimum atomic E-state index is -3.81. The van der Waals surface area contributed by atoms with E-state index in [-0.39, 0.29) is 10.9 Å². The highest BCUT2D eigenvalue weighted by Gasteiger charge is 2.24. The van der Waals surface area contributed by atoms with Crippen molar-refractivity contribution in [3.8, 4) is 0 Å². The van der Waals surface area contributed by atoms with Gasteiger partial charge in [-0.15, -0.1) is 4.40 Å². The van der Waals surface area contributed by atoms with E-state index in [2.05, 4.69) is 9.38 Å². The Kier molecular flexibility index (Phi) is 4.73. The summed E-state index contributed by atoms with van der Waals surface area (Å²) in [6.07, 6.45) is 1.65. The zero-order valence-electron chi connectivity index (χ0n) is 13.0. The third-order valence-electron chi connectivity index (χ3n) is 3.54. The Morgan fingerprint density at radius 3 is 2.67 bits per heavy atom. The van der Waals surface area contributed by atoms with Gasteiger partial charge < -0.3 is 9.64 Å².